The molecular formula is C29H23N3O2S. The van der Waals surface area contributed by atoms with Crippen molar-refractivity contribution in [1.29, 1.82) is 0 Å². The summed E-state index contributed by atoms with van der Waals surface area (Å²) in [6.45, 7) is 2.55. The van der Waals surface area contributed by atoms with Crippen LogP contribution >= 0.6 is 0 Å². The molecule has 0 aliphatic heterocycles. The fraction of sp³-hybridized carbons (Fsp3) is 0.0690. The van der Waals surface area contributed by atoms with Gasteiger partial charge in [0.15, 0.2) is 0 Å². The van der Waals surface area contributed by atoms with E-state index in [1.165, 1.54) is 3.97 Å². The van der Waals surface area contributed by atoms with E-state index in [1.807, 2.05) is 60.7 Å². The van der Waals surface area contributed by atoms with Gasteiger partial charge >= 0.3 is 0 Å². The molecule has 6 aromatic rings. The molecule has 5 nitrogen and oxygen atoms in total. The summed E-state index contributed by atoms with van der Waals surface area (Å²) in [5, 5.41) is 0.903. The van der Waals surface area contributed by atoms with Crippen LogP contribution in [0.5, 0.6) is 0 Å². The second kappa shape index (κ2) is 8.25. The van der Waals surface area contributed by atoms with Crippen LogP contribution in [0.2, 0.25) is 0 Å². The lowest BCUT2D eigenvalue weighted by Crippen LogP contribution is -2.11. The molecular weight excluding hydrogens is 454 g/mol. The first-order chi connectivity index (χ1) is 17.0. The summed E-state index contributed by atoms with van der Waals surface area (Å²) < 4.78 is 30.7. The van der Waals surface area contributed by atoms with E-state index in [-0.39, 0.29) is 4.90 Å². The van der Waals surface area contributed by atoms with Crippen molar-refractivity contribution in [1.82, 2.24) is 13.5 Å². The minimum absolute atomic E-state index is 0.265. The van der Waals surface area contributed by atoms with Crippen LogP contribution in [-0.2, 0) is 16.6 Å². The van der Waals surface area contributed by atoms with Crippen molar-refractivity contribution in [2.24, 2.45) is 0 Å². The van der Waals surface area contributed by atoms with Gasteiger partial charge in [0, 0.05) is 17.1 Å². The zero-order chi connectivity index (χ0) is 24.0. The third-order valence-electron chi connectivity index (χ3n) is 6.32. The Morgan fingerprint density at radius 2 is 1.46 bits per heavy atom. The molecule has 0 bridgehead atoms. The predicted octanol–water partition coefficient (Wildman–Crippen LogP) is 6.25. The summed E-state index contributed by atoms with van der Waals surface area (Å²) in [6, 6.07) is 32.5. The van der Waals surface area contributed by atoms with Gasteiger partial charge in [-0.3, -0.25) is 0 Å². The lowest BCUT2D eigenvalue weighted by Gasteiger charge is -2.09. The largest absolute Gasteiger partial charge is 0.319 e. The molecule has 0 fully saturated rings. The average Bonchev–Trinajstić information content (AvgIpc) is 3.44. The van der Waals surface area contributed by atoms with E-state index in [9.17, 15) is 8.42 Å². The van der Waals surface area contributed by atoms with Crippen LogP contribution in [0.3, 0.4) is 0 Å². The topological polar surface area (TPSA) is 56.9 Å². The first-order valence-electron chi connectivity index (χ1n) is 11.4. The number of nitrogens with zero attached hydrogens (tertiary/aromatic N) is 3. The number of rotatable bonds is 5. The molecule has 2 heterocycles. The van der Waals surface area contributed by atoms with E-state index < -0.39 is 10.0 Å². The highest BCUT2D eigenvalue weighted by atomic mass is 32.2. The van der Waals surface area contributed by atoms with Gasteiger partial charge in [0.2, 0.25) is 0 Å². The minimum atomic E-state index is -3.74. The van der Waals surface area contributed by atoms with Crippen LogP contribution in [0.15, 0.2) is 114 Å². The SMILES string of the molecule is Cc1ccc2c(c1)nc(-c1ccccc1)n2Cc1cn(S(=O)(=O)c2ccccc2)c2ccccc12. The summed E-state index contributed by atoms with van der Waals surface area (Å²) in [6.07, 6.45) is 1.75. The van der Waals surface area contributed by atoms with Crippen LogP contribution in [0.1, 0.15) is 11.1 Å². The van der Waals surface area contributed by atoms with Crippen molar-refractivity contribution < 1.29 is 8.42 Å². The number of imidazole rings is 1. The van der Waals surface area contributed by atoms with Crippen molar-refractivity contribution in [3.05, 3.63) is 120 Å². The summed E-state index contributed by atoms with van der Waals surface area (Å²) in [7, 11) is -3.74. The second-order valence-corrected chi connectivity index (χ2v) is 10.5. The molecule has 0 saturated heterocycles. The monoisotopic (exact) mass is 477 g/mol. The Labute approximate surface area is 204 Å². The van der Waals surface area contributed by atoms with Gasteiger partial charge in [-0.15, -0.1) is 0 Å². The fourth-order valence-electron chi connectivity index (χ4n) is 4.63. The first kappa shape index (κ1) is 21.4. The highest BCUT2D eigenvalue weighted by Crippen LogP contribution is 2.31. The minimum Gasteiger partial charge on any atom is -0.319 e. The van der Waals surface area contributed by atoms with E-state index in [1.54, 1.807) is 30.5 Å². The number of para-hydroxylation sites is 1. The van der Waals surface area contributed by atoms with Gasteiger partial charge in [0.1, 0.15) is 5.82 Å². The molecule has 0 spiro atoms. The van der Waals surface area contributed by atoms with Crippen LogP contribution in [-0.4, -0.2) is 21.9 Å². The number of hydrogen-bond donors (Lipinski definition) is 0. The van der Waals surface area contributed by atoms with Gasteiger partial charge in [-0.2, -0.15) is 0 Å². The maximum atomic E-state index is 13.5. The van der Waals surface area contributed by atoms with E-state index in [2.05, 4.69) is 29.7 Å². The lowest BCUT2D eigenvalue weighted by molar-refractivity contribution is 0.589. The van der Waals surface area contributed by atoms with E-state index >= 15 is 0 Å². The molecule has 0 aliphatic carbocycles. The molecule has 6 heteroatoms. The van der Waals surface area contributed by atoms with E-state index in [0.717, 1.165) is 38.9 Å². The summed E-state index contributed by atoms with van der Waals surface area (Å²) >= 11 is 0. The summed E-state index contributed by atoms with van der Waals surface area (Å²) in [4.78, 5) is 5.23. The number of hydrogen-bond acceptors (Lipinski definition) is 3. The first-order valence-corrected chi connectivity index (χ1v) is 12.9. The summed E-state index contributed by atoms with van der Waals surface area (Å²) in [5.74, 6) is 0.856. The van der Waals surface area contributed by atoms with Gasteiger partial charge < -0.3 is 4.57 Å². The average molecular weight is 478 g/mol. The Bertz CT molecular complexity index is 1780. The smallest absolute Gasteiger partial charge is 0.268 e. The van der Waals surface area contributed by atoms with Crippen LogP contribution < -0.4 is 0 Å². The van der Waals surface area contributed by atoms with Crippen LogP contribution in [0.4, 0.5) is 0 Å². The normalized spacial score (nSPS) is 11.9. The Hall–Kier alpha value is -4.16. The van der Waals surface area contributed by atoms with Crippen molar-refractivity contribution >= 4 is 32.0 Å². The molecule has 172 valence electrons. The molecule has 0 amide bonds. The van der Waals surface area contributed by atoms with E-state index in [4.69, 9.17) is 4.98 Å². The number of aryl methyl sites for hydroxylation is 1. The van der Waals surface area contributed by atoms with Gasteiger partial charge in [-0.05, 0) is 48.4 Å². The van der Waals surface area contributed by atoms with Gasteiger partial charge in [-0.1, -0.05) is 72.8 Å². The molecule has 35 heavy (non-hydrogen) atoms. The van der Waals surface area contributed by atoms with Gasteiger partial charge in [-0.25, -0.2) is 17.4 Å². The van der Waals surface area contributed by atoms with Crippen LogP contribution in [0, 0.1) is 6.92 Å². The quantitative estimate of drug-likeness (QED) is 0.295. The molecule has 0 N–H and O–H groups in total. The zero-order valence-electron chi connectivity index (χ0n) is 19.2. The van der Waals surface area contributed by atoms with Crippen molar-refractivity contribution in [2.45, 2.75) is 18.4 Å². The highest BCUT2D eigenvalue weighted by molar-refractivity contribution is 7.90. The molecule has 0 unspecified atom stereocenters. The van der Waals surface area contributed by atoms with Crippen molar-refractivity contribution in [2.75, 3.05) is 0 Å². The molecule has 0 aliphatic rings. The van der Waals surface area contributed by atoms with Crippen molar-refractivity contribution in [3.63, 3.8) is 0 Å². The summed E-state index contributed by atoms with van der Waals surface area (Å²) in [5.41, 5.74) is 5.67. The maximum Gasteiger partial charge on any atom is 0.268 e. The number of aromatic nitrogens is 3. The highest BCUT2D eigenvalue weighted by Gasteiger charge is 2.22. The molecule has 4 aromatic carbocycles. The third-order valence-corrected chi connectivity index (χ3v) is 8.01. The third kappa shape index (κ3) is 3.63. The maximum absolute atomic E-state index is 13.5. The van der Waals surface area contributed by atoms with Gasteiger partial charge in [0.25, 0.3) is 10.0 Å². The molecule has 2 aromatic heterocycles. The second-order valence-electron chi connectivity index (χ2n) is 8.67. The zero-order valence-corrected chi connectivity index (χ0v) is 20.0. The van der Waals surface area contributed by atoms with Gasteiger partial charge in [0.05, 0.1) is 28.0 Å². The van der Waals surface area contributed by atoms with Crippen molar-refractivity contribution in [3.8, 4) is 11.4 Å². The molecule has 6 rings (SSSR count). The van der Waals surface area contributed by atoms with E-state index in [0.29, 0.717) is 12.1 Å². The number of benzene rings is 4. The Kier molecular flexibility index (Phi) is 5.04. The Balaban J connectivity index is 1.56. The standard InChI is InChI=1S/C29H23N3O2S/c1-21-16-17-28-26(18-21)30-29(22-10-4-2-5-11-22)31(28)19-23-20-32(27-15-9-8-14-25(23)27)35(33,34)24-12-6-3-7-13-24/h2-18,20H,19H2,1H3. The number of fused-ring (bicyclic) bond motifs is 2. The molecule has 0 atom stereocenters. The Morgan fingerprint density at radius 3 is 2.23 bits per heavy atom. The molecule has 0 radical (unpaired) electrons. The lowest BCUT2D eigenvalue weighted by atomic mass is 10.1. The molecule has 0 saturated carbocycles. The fourth-order valence-corrected chi connectivity index (χ4v) is 6.04. The van der Waals surface area contributed by atoms with Crippen LogP contribution in [0.25, 0.3) is 33.3 Å². The Morgan fingerprint density at radius 1 is 0.771 bits per heavy atom. The predicted molar refractivity (Wildman–Crippen MR) is 140 cm³/mol.